The van der Waals surface area contributed by atoms with Crippen LogP contribution in [0, 0.1) is 0 Å². The Labute approximate surface area is 193 Å². The molecule has 5 rings (SSSR count). The highest BCUT2D eigenvalue weighted by Gasteiger charge is 2.27. The number of methoxy groups -OCH3 is 1. The zero-order chi connectivity index (χ0) is 21.9. The topological polar surface area (TPSA) is 81.4 Å². The van der Waals surface area contributed by atoms with Gasteiger partial charge in [0.05, 0.1) is 33.7 Å². The SMILES string of the molecule is COc1ccccc1-c1nnc(SCC(=O)N2CCC[C@H](c3nc4ccccc4s3)C2)o1. The van der Waals surface area contributed by atoms with Gasteiger partial charge in [-0.1, -0.05) is 36.0 Å². The molecule has 0 saturated carbocycles. The van der Waals surface area contributed by atoms with Crippen molar-refractivity contribution in [2.45, 2.75) is 24.0 Å². The summed E-state index contributed by atoms with van der Waals surface area (Å²) in [5.41, 5.74) is 1.77. The molecule has 1 amide bonds. The van der Waals surface area contributed by atoms with Crippen LogP contribution in [0.1, 0.15) is 23.8 Å². The van der Waals surface area contributed by atoms with Crippen molar-refractivity contribution in [1.29, 1.82) is 0 Å². The van der Waals surface area contributed by atoms with Crippen molar-refractivity contribution in [2.24, 2.45) is 0 Å². The van der Waals surface area contributed by atoms with Gasteiger partial charge in [0.25, 0.3) is 11.1 Å². The van der Waals surface area contributed by atoms with Crippen LogP contribution in [0.25, 0.3) is 21.7 Å². The number of fused-ring (bicyclic) bond motifs is 1. The second-order valence-corrected chi connectivity index (χ2v) is 9.55. The van der Waals surface area contributed by atoms with Gasteiger partial charge in [-0.2, -0.15) is 0 Å². The molecular weight excluding hydrogens is 444 g/mol. The number of aromatic nitrogens is 3. The van der Waals surface area contributed by atoms with Crippen molar-refractivity contribution < 1.29 is 13.9 Å². The third-order valence-corrected chi connectivity index (χ3v) is 7.50. The Bertz CT molecular complexity index is 1210. The smallest absolute Gasteiger partial charge is 0.277 e. The van der Waals surface area contributed by atoms with Gasteiger partial charge < -0.3 is 14.1 Å². The third-order valence-electron chi connectivity index (χ3n) is 5.50. The van der Waals surface area contributed by atoms with Gasteiger partial charge in [0.2, 0.25) is 5.91 Å². The van der Waals surface area contributed by atoms with E-state index in [9.17, 15) is 4.79 Å². The summed E-state index contributed by atoms with van der Waals surface area (Å²) >= 11 is 3.00. The van der Waals surface area contributed by atoms with Crippen LogP contribution in [0.4, 0.5) is 0 Å². The summed E-state index contributed by atoms with van der Waals surface area (Å²) in [7, 11) is 1.60. The maximum absolute atomic E-state index is 12.9. The Morgan fingerprint density at radius 3 is 2.94 bits per heavy atom. The van der Waals surface area contributed by atoms with Crippen LogP contribution in [-0.2, 0) is 4.79 Å². The van der Waals surface area contributed by atoms with Gasteiger partial charge in [-0.15, -0.1) is 21.5 Å². The minimum Gasteiger partial charge on any atom is -0.496 e. The number of likely N-dealkylation sites (tertiary alicyclic amines) is 1. The molecule has 0 aliphatic carbocycles. The molecule has 4 aromatic rings. The van der Waals surface area contributed by atoms with Gasteiger partial charge >= 0.3 is 0 Å². The fraction of sp³-hybridized carbons (Fsp3) is 0.304. The van der Waals surface area contributed by atoms with E-state index in [0.29, 0.717) is 23.4 Å². The van der Waals surface area contributed by atoms with E-state index in [1.807, 2.05) is 47.4 Å². The van der Waals surface area contributed by atoms with E-state index in [1.165, 1.54) is 16.5 Å². The molecule has 1 saturated heterocycles. The van der Waals surface area contributed by atoms with E-state index in [2.05, 4.69) is 16.3 Å². The molecule has 32 heavy (non-hydrogen) atoms. The number of para-hydroxylation sites is 2. The molecule has 0 N–H and O–H groups in total. The summed E-state index contributed by atoms with van der Waals surface area (Å²) in [4.78, 5) is 19.6. The molecule has 0 unspecified atom stereocenters. The summed E-state index contributed by atoms with van der Waals surface area (Å²) in [5.74, 6) is 1.68. The number of benzene rings is 2. The van der Waals surface area contributed by atoms with Gasteiger partial charge in [-0.05, 0) is 37.1 Å². The van der Waals surface area contributed by atoms with Crippen LogP contribution >= 0.6 is 23.1 Å². The van der Waals surface area contributed by atoms with Crippen molar-refractivity contribution in [3.8, 4) is 17.2 Å². The fourth-order valence-electron chi connectivity index (χ4n) is 3.88. The van der Waals surface area contributed by atoms with Crippen LogP contribution in [-0.4, -0.2) is 51.9 Å². The average molecular weight is 467 g/mol. The highest BCUT2D eigenvalue weighted by Crippen LogP contribution is 2.34. The zero-order valence-electron chi connectivity index (χ0n) is 17.6. The van der Waals surface area contributed by atoms with Gasteiger partial charge in [0.1, 0.15) is 5.75 Å². The Hall–Kier alpha value is -2.91. The number of carbonyl (C=O) groups excluding carboxylic acids is 1. The summed E-state index contributed by atoms with van der Waals surface area (Å²) < 4.78 is 12.3. The van der Waals surface area contributed by atoms with E-state index >= 15 is 0 Å². The number of hydrogen-bond acceptors (Lipinski definition) is 8. The molecule has 0 spiro atoms. The lowest BCUT2D eigenvalue weighted by molar-refractivity contribution is -0.129. The van der Waals surface area contributed by atoms with Crippen LogP contribution in [0.15, 0.2) is 58.2 Å². The van der Waals surface area contributed by atoms with Gasteiger partial charge in [0, 0.05) is 19.0 Å². The number of thioether (sulfide) groups is 1. The van der Waals surface area contributed by atoms with E-state index in [0.717, 1.165) is 35.5 Å². The number of piperidine rings is 1. The predicted molar refractivity (Wildman–Crippen MR) is 125 cm³/mol. The monoisotopic (exact) mass is 466 g/mol. The van der Waals surface area contributed by atoms with Crippen LogP contribution in [0.5, 0.6) is 5.75 Å². The van der Waals surface area contributed by atoms with Crippen molar-refractivity contribution in [1.82, 2.24) is 20.1 Å². The quantitative estimate of drug-likeness (QED) is 0.376. The lowest BCUT2D eigenvalue weighted by Crippen LogP contribution is -2.40. The van der Waals surface area contributed by atoms with Crippen LogP contribution in [0.2, 0.25) is 0 Å². The lowest BCUT2D eigenvalue weighted by atomic mass is 9.99. The van der Waals surface area contributed by atoms with Crippen molar-refractivity contribution in [3.63, 3.8) is 0 Å². The molecule has 1 aliphatic rings. The summed E-state index contributed by atoms with van der Waals surface area (Å²) in [6.45, 7) is 1.48. The second kappa shape index (κ2) is 9.30. The van der Waals surface area contributed by atoms with E-state index in [-0.39, 0.29) is 17.6 Å². The first-order valence-electron chi connectivity index (χ1n) is 10.4. The molecule has 9 heteroatoms. The second-order valence-electron chi connectivity index (χ2n) is 7.56. The van der Waals surface area contributed by atoms with Crippen LogP contribution < -0.4 is 4.74 Å². The predicted octanol–water partition coefficient (Wildman–Crippen LogP) is 4.85. The maximum Gasteiger partial charge on any atom is 0.277 e. The molecule has 7 nitrogen and oxygen atoms in total. The van der Waals surface area contributed by atoms with Gasteiger partial charge in [0.15, 0.2) is 0 Å². The van der Waals surface area contributed by atoms with E-state index < -0.39 is 0 Å². The number of rotatable bonds is 6. The lowest BCUT2D eigenvalue weighted by Gasteiger charge is -2.31. The average Bonchev–Trinajstić information content (AvgIpc) is 3.50. The molecule has 1 fully saturated rings. The first-order chi connectivity index (χ1) is 15.7. The number of carbonyl (C=O) groups is 1. The zero-order valence-corrected chi connectivity index (χ0v) is 19.2. The highest BCUT2D eigenvalue weighted by molar-refractivity contribution is 7.99. The Balaban J connectivity index is 1.21. The third kappa shape index (κ3) is 4.35. The van der Waals surface area contributed by atoms with Crippen molar-refractivity contribution >= 4 is 39.2 Å². The molecule has 0 radical (unpaired) electrons. The number of hydrogen-bond donors (Lipinski definition) is 0. The molecule has 1 atom stereocenters. The van der Waals surface area contributed by atoms with Crippen molar-refractivity contribution in [3.05, 3.63) is 53.5 Å². The number of ether oxygens (including phenoxy) is 1. The minimum absolute atomic E-state index is 0.0813. The number of nitrogens with zero attached hydrogens (tertiary/aromatic N) is 4. The molecular formula is C23H22N4O3S2. The standard InChI is InChI=1S/C23H22N4O3S2/c1-29-18-10-4-2-8-16(18)21-25-26-23(30-21)31-14-20(28)27-12-6-7-15(13-27)22-24-17-9-3-5-11-19(17)32-22/h2-5,8-11,15H,6-7,12-14H2,1H3/t15-/m0/s1. The molecule has 2 aromatic heterocycles. The number of amides is 1. The highest BCUT2D eigenvalue weighted by atomic mass is 32.2. The fourth-order valence-corrected chi connectivity index (χ4v) is 5.64. The first-order valence-corrected chi connectivity index (χ1v) is 12.2. The van der Waals surface area contributed by atoms with E-state index in [4.69, 9.17) is 14.1 Å². The summed E-state index contributed by atoms with van der Waals surface area (Å²) in [6.07, 6.45) is 2.04. The Morgan fingerprint density at radius 1 is 1.22 bits per heavy atom. The normalized spacial score (nSPS) is 16.4. The first kappa shape index (κ1) is 21.0. The Morgan fingerprint density at radius 2 is 2.06 bits per heavy atom. The molecule has 2 aromatic carbocycles. The largest absolute Gasteiger partial charge is 0.496 e. The molecule has 3 heterocycles. The molecule has 1 aliphatic heterocycles. The number of thiazole rings is 1. The van der Waals surface area contributed by atoms with E-state index in [1.54, 1.807) is 18.4 Å². The van der Waals surface area contributed by atoms with Crippen molar-refractivity contribution in [2.75, 3.05) is 26.0 Å². The summed E-state index contributed by atoms with van der Waals surface area (Å²) in [5, 5.41) is 9.69. The van der Waals surface area contributed by atoms with Crippen LogP contribution in [0.3, 0.4) is 0 Å². The minimum atomic E-state index is 0.0813. The maximum atomic E-state index is 12.9. The molecule has 164 valence electrons. The molecule has 0 bridgehead atoms. The van der Waals surface area contributed by atoms with Gasteiger partial charge in [-0.25, -0.2) is 4.98 Å². The van der Waals surface area contributed by atoms with Gasteiger partial charge in [-0.3, -0.25) is 4.79 Å². The Kier molecular flexibility index (Phi) is 6.09. The summed E-state index contributed by atoms with van der Waals surface area (Å²) in [6, 6.07) is 15.7.